The zero-order valence-corrected chi connectivity index (χ0v) is 10.7. The highest BCUT2D eigenvalue weighted by molar-refractivity contribution is 4.82. The first-order valence-electron chi connectivity index (χ1n) is 6.34. The Morgan fingerprint density at radius 1 is 1.31 bits per heavy atom. The minimum Gasteiger partial charge on any atom is -0.314 e. The van der Waals surface area contributed by atoms with E-state index in [1.807, 2.05) is 7.05 Å². The third-order valence-corrected chi connectivity index (χ3v) is 2.70. The zero-order valence-electron chi connectivity index (χ0n) is 10.7. The molecule has 1 N–H and O–H groups in total. The molecule has 92 valence electrons. The van der Waals surface area contributed by atoms with Gasteiger partial charge < -0.3 is 5.32 Å². The molecule has 0 fully saturated rings. The average molecular weight is 224 g/mol. The van der Waals surface area contributed by atoms with Gasteiger partial charge in [0.25, 0.3) is 0 Å². The van der Waals surface area contributed by atoms with Crippen molar-refractivity contribution in [3.8, 4) is 0 Å². The molecule has 0 aromatic carbocycles. The predicted octanol–water partition coefficient (Wildman–Crippen LogP) is 1.92. The van der Waals surface area contributed by atoms with E-state index < -0.39 is 0 Å². The Bertz CT molecular complexity index is 276. The number of nitrogens with zero attached hydrogens (tertiary/aromatic N) is 3. The molecule has 1 aromatic heterocycles. The van der Waals surface area contributed by atoms with Crippen LogP contribution in [-0.2, 0) is 13.5 Å². The molecule has 16 heavy (non-hydrogen) atoms. The fourth-order valence-electron chi connectivity index (χ4n) is 1.93. The molecule has 4 nitrogen and oxygen atoms in total. The van der Waals surface area contributed by atoms with Crippen molar-refractivity contribution in [1.29, 1.82) is 0 Å². The van der Waals surface area contributed by atoms with Crippen LogP contribution in [0.2, 0.25) is 0 Å². The van der Waals surface area contributed by atoms with Crippen LogP contribution >= 0.6 is 0 Å². The number of aromatic nitrogens is 3. The number of hydrogen-bond donors (Lipinski definition) is 1. The molecule has 0 aliphatic heterocycles. The van der Waals surface area contributed by atoms with Gasteiger partial charge >= 0.3 is 0 Å². The molecule has 0 saturated carbocycles. The Labute approximate surface area is 98.5 Å². The van der Waals surface area contributed by atoms with Gasteiger partial charge in [0.15, 0.2) is 5.82 Å². The van der Waals surface area contributed by atoms with Gasteiger partial charge in [0, 0.05) is 26.1 Å². The first kappa shape index (κ1) is 13.2. The molecule has 1 heterocycles. The van der Waals surface area contributed by atoms with Crippen LogP contribution in [0.4, 0.5) is 0 Å². The number of aryl methyl sites for hydroxylation is 1. The van der Waals surface area contributed by atoms with Gasteiger partial charge in [0.1, 0.15) is 6.33 Å². The van der Waals surface area contributed by atoms with Crippen LogP contribution in [0.5, 0.6) is 0 Å². The lowest BCUT2D eigenvalue weighted by atomic mass is 10.1. The van der Waals surface area contributed by atoms with Gasteiger partial charge in [0.05, 0.1) is 0 Å². The van der Waals surface area contributed by atoms with Crippen LogP contribution in [0.25, 0.3) is 0 Å². The van der Waals surface area contributed by atoms with E-state index in [1.54, 1.807) is 11.0 Å². The number of nitrogens with one attached hydrogen (secondary N) is 1. The summed E-state index contributed by atoms with van der Waals surface area (Å²) in [5.41, 5.74) is 0. The molecule has 1 rings (SSSR count). The highest BCUT2D eigenvalue weighted by Crippen LogP contribution is 2.04. The maximum absolute atomic E-state index is 4.27. The Hall–Kier alpha value is -0.900. The van der Waals surface area contributed by atoms with Gasteiger partial charge in [-0.3, -0.25) is 4.68 Å². The SMILES string of the molecule is CCCC(CCC)NCCc1ncn(C)n1. The monoisotopic (exact) mass is 224 g/mol. The third kappa shape index (κ3) is 4.75. The van der Waals surface area contributed by atoms with Gasteiger partial charge in [-0.1, -0.05) is 26.7 Å². The maximum Gasteiger partial charge on any atom is 0.151 e. The Morgan fingerprint density at radius 3 is 2.50 bits per heavy atom. The summed E-state index contributed by atoms with van der Waals surface area (Å²) in [6, 6.07) is 0.665. The second kappa shape index (κ2) is 7.39. The first-order chi connectivity index (χ1) is 7.76. The van der Waals surface area contributed by atoms with Crippen molar-refractivity contribution in [3.05, 3.63) is 12.2 Å². The van der Waals surface area contributed by atoms with Gasteiger partial charge in [-0.25, -0.2) is 4.98 Å². The van der Waals surface area contributed by atoms with Gasteiger partial charge in [-0.15, -0.1) is 0 Å². The van der Waals surface area contributed by atoms with Crippen molar-refractivity contribution in [2.45, 2.75) is 52.0 Å². The summed E-state index contributed by atoms with van der Waals surface area (Å²) >= 11 is 0. The molecule has 0 aliphatic carbocycles. The topological polar surface area (TPSA) is 42.7 Å². The summed E-state index contributed by atoms with van der Waals surface area (Å²) in [4.78, 5) is 4.22. The largest absolute Gasteiger partial charge is 0.314 e. The minimum atomic E-state index is 0.665. The second-order valence-electron chi connectivity index (χ2n) is 4.31. The Balaban J connectivity index is 2.21. The molecule has 0 saturated heterocycles. The molecule has 4 heteroatoms. The van der Waals surface area contributed by atoms with Gasteiger partial charge in [-0.05, 0) is 12.8 Å². The van der Waals surface area contributed by atoms with E-state index in [0.717, 1.165) is 18.8 Å². The lowest BCUT2D eigenvalue weighted by Crippen LogP contribution is -2.30. The van der Waals surface area contributed by atoms with E-state index in [9.17, 15) is 0 Å². The summed E-state index contributed by atoms with van der Waals surface area (Å²) < 4.78 is 1.75. The van der Waals surface area contributed by atoms with E-state index >= 15 is 0 Å². The molecule has 1 aromatic rings. The Kier molecular flexibility index (Phi) is 6.08. The molecule has 0 radical (unpaired) electrons. The van der Waals surface area contributed by atoms with E-state index in [2.05, 4.69) is 29.2 Å². The maximum atomic E-state index is 4.27. The van der Waals surface area contributed by atoms with E-state index in [1.165, 1.54) is 25.7 Å². The predicted molar refractivity (Wildman–Crippen MR) is 66.3 cm³/mol. The second-order valence-corrected chi connectivity index (χ2v) is 4.31. The first-order valence-corrected chi connectivity index (χ1v) is 6.34. The fourth-order valence-corrected chi connectivity index (χ4v) is 1.93. The summed E-state index contributed by atoms with van der Waals surface area (Å²) in [6.07, 6.45) is 7.71. The highest BCUT2D eigenvalue weighted by Gasteiger charge is 2.06. The van der Waals surface area contributed by atoms with Crippen LogP contribution in [0, 0.1) is 0 Å². The van der Waals surface area contributed by atoms with E-state index in [0.29, 0.717) is 6.04 Å². The van der Waals surface area contributed by atoms with Crippen molar-refractivity contribution in [2.24, 2.45) is 7.05 Å². The average Bonchev–Trinajstić information content (AvgIpc) is 2.65. The molecule has 0 aliphatic rings. The number of hydrogen-bond acceptors (Lipinski definition) is 3. The molecule has 0 spiro atoms. The van der Waals surface area contributed by atoms with Crippen LogP contribution in [0.3, 0.4) is 0 Å². The molecule has 0 amide bonds. The van der Waals surface area contributed by atoms with E-state index in [-0.39, 0.29) is 0 Å². The normalized spacial score (nSPS) is 11.2. The number of rotatable bonds is 8. The lowest BCUT2D eigenvalue weighted by Gasteiger charge is -2.16. The van der Waals surface area contributed by atoms with Gasteiger partial charge in [-0.2, -0.15) is 5.10 Å². The highest BCUT2D eigenvalue weighted by atomic mass is 15.3. The smallest absolute Gasteiger partial charge is 0.151 e. The molecular formula is C12H24N4. The summed E-state index contributed by atoms with van der Waals surface area (Å²) in [6.45, 7) is 5.46. The van der Waals surface area contributed by atoms with Crippen molar-refractivity contribution in [3.63, 3.8) is 0 Å². The lowest BCUT2D eigenvalue weighted by molar-refractivity contribution is 0.445. The van der Waals surface area contributed by atoms with Crippen LogP contribution in [-0.4, -0.2) is 27.4 Å². The zero-order chi connectivity index (χ0) is 11.8. The van der Waals surface area contributed by atoms with E-state index in [4.69, 9.17) is 0 Å². The van der Waals surface area contributed by atoms with Crippen LogP contribution < -0.4 is 5.32 Å². The van der Waals surface area contributed by atoms with Gasteiger partial charge in [0.2, 0.25) is 0 Å². The Morgan fingerprint density at radius 2 is 2.00 bits per heavy atom. The summed E-state index contributed by atoms with van der Waals surface area (Å²) in [5, 5.41) is 7.86. The third-order valence-electron chi connectivity index (χ3n) is 2.70. The summed E-state index contributed by atoms with van der Waals surface area (Å²) in [7, 11) is 1.90. The fraction of sp³-hybridized carbons (Fsp3) is 0.833. The molecular weight excluding hydrogens is 200 g/mol. The molecule has 0 bridgehead atoms. The summed E-state index contributed by atoms with van der Waals surface area (Å²) in [5.74, 6) is 0.932. The minimum absolute atomic E-state index is 0.665. The molecule has 0 unspecified atom stereocenters. The van der Waals surface area contributed by atoms with Crippen molar-refractivity contribution in [1.82, 2.24) is 20.1 Å². The molecule has 0 atom stereocenters. The van der Waals surface area contributed by atoms with Crippen molar-refractivity contribution in [2.75, 3.05) is 6.54 Å². The van der Waals surface area contributed by atoms with Crippen molar-refractivity contribution < 1.29 is 0 Å². The standard InChI is InChI=1S/C12H24N4/c1-4-6-11(7-5-2)13-9-8-12-14-10-16(3)15-12/h10-11,13H,4-9H2,1-3H3. The van der Waals surface area contributed by atoms with Crippen molar-refractivity contribution >= 4 is 0 Å². The van der Waals surface area contributed by atoms with Crippen LogP contribution in [0.15, 0.2) is 6.33 Å². The quantitative estimate of drug-likeness (QED) is 0.733. The van der Waals surface area contributed by atoms with Crippen LogP contribution in [0.1, 0.15) is 45.4 Å².